The predicted molar refractivity (Wildman–Crippen MR) is 306 cm³/mol. The van der Waals surface area contributed by atoms with Crippen molar-refractivity contribution < 1.29 is 0 Å². The van der Waals surface area contributed by atoms with E-state index >= 15 is 0 Å². The minimum Gasteiger partial charge on any atom is -0.310 e. The van der Waals surface area contributed by atoms with E-state index in [-0.39, 0.29) is 0 Å². The molecule has 9 heteroatoms. The van der Waals surface area contributed by atoms with Gasteiger partial charge in [0, 0.05) is 67.3 Å². The van der Waals surface area contributed by atoms with Crippen LogP contribution in [0.5, 0.6) is 0 Å². The van der Waals surface area contributed by atoms with Crippen LogP contribution >= 0.6 is 0 Å². The third-order valence-electron chi connectivity index (χ3n) is 13.7. The molecule has 0 unspecified atom stereocenters. The van der Waals surface area contributed by atoms with Gasteiger partial charge in [-0.3, -0.25) is 0 Å². The lowest BCUT2D eigenvalue weighted by molar-refractivity contribution is 1.18. The van der Waals surface area contributed by atoms with Gasteiger partial charge in [0.05, 0.1) is 69.0 Å². The van der Waals surface area contributed by atoms with Gasteiger partial charge >= 0.3 is 0 Å². The minimum atomic E-state index is 0.531. The summed E-state index contributed by atoms with van der Waals surface area (Å²) in [6, 6.07) is 91.6. The average Bonchev–Trinajstić information content (AvgIpc) is 3.92. The second-order valence-corrected chi connectivity index (χ2v) is 18.4. The van der Waals surface area contributed by atoms with Crippen LogP contribution in [0.2, 0.25) is 0 Å². The summed E-state index contributed by atoms with van der Waals surface area (Å²) in [5, 5.41) is 40.3. The van der Waals surface area contributed by atoms with Gasteiger partial charge in [-0.1, -0.05) is 84.9 Å². The van der Waals surface area contributed by atoms with Gasteiger partial charge in [0.2, 0.25) is 0 Å². The van der Waals surface area contributed by atoms with Crippen LogP contribution in [0.1, 0.15) is 22.3 Å². The quantitative estimate of drug-likeness (QED) is 0.125. The number of nitrogens with zero attached hydrogens (tertiary/aromatic N) is 9. The number of rotatable bonds is 11. The molecular formula is C68H41N9. The van der Waals surface area contributed by atoms with Gasteiger partial charge < -0.3 is 14.4 Å². The topological polar surface area (TPSA) is 132 Å². The summed E-state index contributed by atoms with van der Waals surface area (Å²) in [5.41, 5.74) is 17.2. The van der Waals surface area contributed by atoms with Crippen LogP contribution in [0.15, 0.2) is 249 Å². The zero-order valence-corrected chi connectivity index (χ0v) is 41.2. The standard InChI is InChI=1S/C68H41N9/c69-42-46-11-19-52(20-12-46)64-41-65(74-68(73-64)54-21-13-47(43-70)14-22-54)53-25-23-50(24-26-53)51-27-33-59(34-28-51)77-66-37-35-60(75(55-7-3-1-4-8-55)57-29-15-48(44-71)16-30-57)39-62(66)63-40-61(36-38-67(63)77)76(56-9-5-2-6-10-56)58-31-17-49(45-72)18-32-58/h1-41H. The summed E-state index contributed by atoms with van der Waals surface area (Å²) in [7, 11) is 0. The SMILES string of the molecule is N#Cc1ccc(-c2cc(-c3ccc(-c4ccc(-n5c6ccc(N(c7ccccc7)c7ccc(C#N)cc7)cc6c6cc(N(c7ccccc7)c7ccc(C#N)cc7)ccc65)cc4)cc3)nc(-c3ccc(C#N)cc3)n2)cc1. The van der Waals surface area contributed by atoms with Crippen molar-refractivity contribution in [2.75, 3.05) is 9.80 Å². The van der Waals surface area contributed by atoms with Crippen molar-refractivity contribution in [1.29, 1.82) is 21.0 Å². The number of para-hydroxylation sites is 2. The van der Waals surface area contributed by atoms with Gasteiger partial charge in [-0.25, -0.2) is 9.97 Å². The Kier molecular flexibility index (Phi) is 12.3. The Bertz CT molecular complexity index is 4080. The third kappa shape index (κ3) is 9.13. The lowest BCUT2D eigenvalue weighted by Gasteiger charge is -2.26. The molecule has 0 saturated carbocycles. The lowest BCUT2D eigenvalue weighted by Crippen LogP contribution is -2.10. The van der Waals surface area contributed by atoms with E-state index < -0.39 is 0 Å². The molecule has 0 aliphatic rings. The van der Waals surface area contributed by atoms with Gasteiger partial charge in [0.15, 0.2) is 5.82 Å². The zero-order chi connectivity index (χ0) is 52.2. The van der Waals surface area contributed by atoms with Gasteiger partial charge in [0.25, 0.3) is 0 Å². The molecule has 9 nitrogen and oxygen atoms in total. The highest BCUT2D eigenvalue weighted by molar-refractivity contribution is 6.12. The number of hydrogen-bond donors (Lipinski definition) is 0. The Labute approximate surface area is 445 Å². The van der Waals surface area contributed by atoms with E-state index in [1.54, 1.807) is 24.3 Å². The molecule has 0 N–H and O–H groups in total. The molecule has 12 rings (SSSR count). The first-order valence-electron chi connectivity index (χ1n) is 24.9. The van der Waals surface area contributed by atoms with Crippen molar-refractivity contribution in [3.05, 3.63) is 271 Å². The molecule has 0 atom stereocenters. The average molecular weight is 984 g/mol. The monoisotopic (exact) mass is 983 g/mol. The predicted octanol–water partition coefficient (Wildman–Crippen LogP) is 16.7. The first-order valence-corrected chi connectivity index (χ1v) is 24.9. The Hall–Kier alpha value is -11.4. The fourth-order valence-corrected chi connectivity index (χ4v) is 9.89. The normalized spacial score (nSPS) is 10.8. The summed E-state index contributed by atoms with van der Waals surface area (Å²) in [4.78, 5) is 14.4. The summed E-state index contributed by atoms with van der Waals surface area (Å²) in [6.07, 6.45) is 0. The summed E-state index contributed by atoms with van der Waals surface area (Å²) in [6.45, 7) is 0. The largest absolute Gasteiger partial charge is 0.310 e. The molecule has 0 aliphatic heterocycles. The van der Waals surface area contributed by atoms with E-state index in [0.29, 0.717) is 28.1 Å². The molecule has 0 amide bonds. The number of benzene rings is 10. The Morgan fingerprint density at radius 1 is 0.299 bits per heavy atom. The van der Waals surface area contributed by atoms with Crippen LogP contribution in [-0.4, -0.2) is 14.5 Å². The molecule has 0 radical (unpaired) electrons. The molecule has 0 bridgehead atoms. The van der Waals surface area contributed by atoms with Gasteiger partial charge in [-0.15, -0.1) is 0 Å². The first kappa shape index (κ1) is 46.7. The van der Waals surface area contributed by atoms with E-state index in [1.807, 2.05) is 115 Å². The van der Waals surface area contributed by atoms with Crippen molar-refractivity contribution >= 4 is 55.9 Å². The van der Waals surface area contributed by atoms with Crippen molar-refractivity contribution in [3.63, 3.8) is 0 Å². The molecule has 0 saturated heterocycles. The number of aromatic nitrogens is 3. The fraction of sp³-hybridized carbons (Fsp3) is 0. The van der Waals surface area contributed by atoms with Crippen LogP contribution in [-0.2, 0) is 0 Å². The highest BCUT2D eigenvalue weighted by Gasteiger charge is 2.21. The molecule has 12 aromatic rings. The summed E-state index contributed by atoms with van der Waals surface area (Å²) in [5.74, 6) is 0.531. The Balaban J connectivity index is 0.952. The maximum atomic E-state index is 9.67. The zero-order valence-electron chi connectivity index (χ0n) is 41.2. The second kappa shape index (κ2) is 20.3. The highest BCUT2D eigenvalue weighted by Crippen LogP contribution is 2.43. The minimum absolute atomic E-state index is 0.531. The maximum Gasteiger partial charge on any atom is 0.160 e. The molecule has 77 heavy (non-hydrogen) atoms. The summed E-state index contributed by atoms with van der Waals surface area (Å²) < 4.78 is 2.32. The summed E-state index contributed by atoms with van der Waals surface area (Å²) >= 11 is 0. The first-order chi connectivity index (χ1) is 37.9. The van der Waals surface area contributed by atoms with E-state index in [2.05, 4.69) is 148 Å². The number of nitriles is 4. The fourth-order valence-electron chi connectivity index (χ4n) is 9.89. The maximum absolute atomic E-state index is 9.67. The number of fused-ring (bicyclic) bond motifs is 3. The van der Waals surface area contributed by atoms with Crippen LogP contribution in [0.3, 0.4) is 0 Å². The van der Waals surface area contributed by atoms with E-state index in [0.717, 1.165) is 101 Å². The van der Waals surface area contributed by atoms with Crippen molar-refractivity contribution in [3.8, 4) is 75.0 Å². The van der Waals surface area contributed by atoms with Crippen LogP contribution in [0.25, 0.3) is 72.5 Å². The van der Waals surface area contributed by atoms with Crippen molar-refractivity contribution in [2.24, 2.45) is 0 Å². The van der Waals surface area contributed by atoms with E-state index in [9.17, 15) is 21.0 Å². The van der Waals surface area contributed by atoms with Crippen molar-refractivity contribution in [2.45, 2.75) is 0 Å². The van der Waals surface area contributed by atoms with Crippen LogP contribution < -0.4 is 9.80 Å². The lowest BCUT2D eigenvalue weighted by atomic mass is 10.0. The Morgan fingerprint density at radius 2 is 0.623 bits per heavy atom. The van der Waals surface area contributed by atoms with Gasteiger partial charge in [-0.05, 0) is 175 Å². The molecular weight excluding hydrogens is 943 g/mol. The number of hydrogen-bond acceptors (Lipinski definition) is 8. The number of anilines is 6. The van der Waals surface area contributed by atoms with E-state index in [1.165, 1.54) is 0 Å². The van der Waals surface area contributed by atoms with Crippen LogP contribution in [0, 0.1) is 45.3 Å². The third-order valence-corrected chi connectivity index (χ3v) is 13.7. The van der Waals surface area contributed by atoms with Crippen molar-refractivity contribution in [1.82, 2.24) is 14.5 Å². The van der Waals surface area contributed by atoms with Gasteiger partial charge in [0.1, 0.15) is 0 Å². The molecule has 0 fully saturated rings. The molecule has 2 heterocycles. The van der Waals surface area contributed by atoms with Gasteiger partial charge in [-0.2, -0.15) is 21.0 Å². The van der Waals surface area contributed by atoms with Crippen LogP contribution in [0.4, 0.5) is 34.1 Å². The van der Waals surface area contributed by atoms with E-state index in [4.69, 9.17) is 9.97 Å². The highest BCUT2D eigenvalue weighted by atomic mass is 15.1. The molecule has 0 spiro atoms. The molecule has 0 aliphatic carbocycles. The molecule has 358 valence electrons. The smallest absolute Gasteiger partial charge is 0.160 e. The molecule has 2 aromatic heterocycles. The second-order valence-electron chi connectivity index (χ2n) is 18.4. The Morgan fingerprint density at radius 3 is 1.03 bits per heavy atom. The molecule has 10 aromatic carbocycles.